The highest BCUT2D eigenvalue weighted by atomic mass is 19.4. The average molecular weight is 282 g/mol. The molecule has 0 fully saturated rings. The lowest BCUT2D eigenvalue weighted by Crippen LogP contribution is -2.33. The number of nitrogens with one attached hydrogen (secondary N) is 1. The molecule has 19 heavy (non-hydrogen) atoms. The number of benzene rings is 1. The normalized spacial score (nSPS) is 11.2. The minimum absolute atomic E-state index is 0.343. The zero-order valence-electron chi connectivity index (χ0n) is 8.99. The van der Waals surface area contributed by atoms with Crippen molar-refractivity contribution in [1.82, 2.24) is 5.32 Å². The molecule has 0 aromatic heterocycles. The predicted octanol–water partition coefficient (Wildman–Crippen LogP) is 1.73. The molecule has 0 aliphatic heterocycles. The van der Waals surface area contributed by atoms with Gasteiger partial charge in [0, 0.05) is 0 Å². The van der Waals surface area contributed by atoms with Crippen molar-refractivity contribution < 1.29 is 32.4 Å². The molecule has 0 saturated heterocycles. The second-order valence-corrected chi connectivity index (χ2v) is 3.38. The third-order valence-electron chi connectivity index (χ3n) is 1.95. The maximum atomic E-state index is 13.0. The highest BCUT2D eigenvalue weighted by Crippen LogP contribution is 2.30. The van der Waals surface area contributed by atoms with Gasteiger partial charge in [-0.1, -0.05) is 0 Å². The van der Waals surface area contributed by atoms with Gasteiger partial charge in [0.05, 0.1) is 16.6 Å². The zero-order chi connectivity index (χ0) is 14.8. The van der Waals surface area contributed by atoms with Crippen LogP contribution in [0.25, 0.3) is 0 Å². The summed E-state index contributed by atoms with van der Waals surface area (Å²) in [7, 11) is 0. The second-order valence-electron chi connectivity index (χ2n) is 3.38. The largest absolute Gasteiger partial charge is 0.502 e. The zero-order valence-corrected chi connectivity index (χ0v) is 8.99. The lowest BCUT2D eigenvalue weighted by Gasteiger charge is -2.09. The van der Waals surface area contributed by atoms with Crippen LogP contribution in [0.5, 0.6) is 5.75 Å². The van der Waals surface area contributed by atoms with Crippen LogP contribution >= 0.6 is 0 Å². The van der Waals surface area contributed by atoms with E-state index in [-0.39, 0.29) is 0 Å². The lowest BCUT2D eigenvalue weighted by atomic mass is 10.1. The molecule has 0 bridgehead atoms. The number of nitro benzene ring substituents is 1. The van der Waals surface area contributed by atoms with Crippen molar-refractivity contribution >= 4 is 11.6 Å². The van der Waals surface area contributed by atoms with E-state index in [1.807, 2.05) is 0 Å². The van der Waals surface area contributed by atoms with Crippen molar-refractivity contribution in [1.29, 1.82) is 0 Å². The van der Waals surface area contributed by atoms with E-state index >= 15 is 0 Å². The van der Waals surface area contributed by atoms with Crippen molar-refractivity contribution in [2.24, 2.45) is 0 Å². The number of hydrogen-bond donors (Lipinski definition) is 2. The maximum absolute atomic E-state index is 13.0. The molecule has 1 aromatic rings. The van der Waals surface area contributed by atoms with Crippen molar-refractivity contribution in [2.75, 3.05) is 6.54 Å². The first-order valence-electron chi connectivity index (χ1n) is 4.63. The number of nitro groups is 1. The van der Waals surface area contributed by atoms with E-state index < -0.39 is 46.4 Å². The Bertz CT molecular complexity index is 530. The van der Waals surface area contributed by atoms with Gasteiger partial charge in [0.15, 0.2) is 0 Å². The van der Waals surface area contributed by atoms with Crippen LogP contribution < -0.4 is 5.32 Å². The Hall–Kier alpha value is -2.39. The molecule has 0 spiro atoms. The van der Waals surface area contributed by atoms with Crippen LogP contribution in [-0.2, 0) is 0 Å². The number of aromatic hydroxyl groups is 1. The van der Waals surface area contributed by atoms with Crippen molar-refractivity contribution in [3.63, 3.8) is 0 Å². The van der Waals surface area contributed by atoms with E-state index in [2.05, 4.69) is 0 Å². The van der Waals surface area contributed by atoms with Gasteiger partial charge in [0.25, 0.3) is 5.91 Å². The number of halogens is 4. The number of phenolic OH excluding ortho intramolecular Hbond substituents is 1. The number of nitrogens with zero attached hydrogens (tertiary/aromatic N) is 1. The molecule has 0 heterocycles. The quantitative estimate of drug-likeness (QED) is 0.501. The molecule has 0 aliphatic carbocycles. The molecular formula is C9H6F4N2O4. The molecule has 104 valence electrons. The van der Waals surface area contributed by atoms with Crippen LogP contribution in [0.2, 0.25) is 0 Å². The number of amides is 1. The van der Waals surface area contributed by atoms with Crippen molar-refractivity contribution in [3.8, 4) is 5.75 Å². The van der Waals surface area contributed by atoms with Crippen molar-refractivity contribution in [2.45, 2.75) is 6.18 Å². The molecule has 1 rings (SSSR count). The van der Waals surface area contributed by atoms with Crippen LogP contribution in [0.3, 0.4) is 0 Å². The Kier molecular flexibility index (Phi) is 3.92. The summed E-state index contributed by atoms with van der Waals surface area (Å²) in [5.74, 6) is -3.91. The second kappa shape index (κ2) is 5.08. The fourth-order valence-corrected chi connectivity index (χ4v) is 1.17. The van der Waals surface area contributed by atoms with Gasteiger partial charge in [-0.2, -0.15) is 13.2 Å². The van der Waals surface area contributed by atoms with E-state index in [0.717, 1.165) is 0 Å². The highest BCUT2D eigenvalue weighted by Gasteiger charge is 2.30. The van der Waals surface area contributed by atoms with E-state index in [0.29, 0.717) is 12.1 Å². The summed E-state index contributed by atoms with van der Waals surface area (Å²) in [6.07, 6.45) is -4.70. The summed E-state index contributed by atoms with van der Waals surface area (Å²) in [5.41, 5.74) is -2.06. The van der Waals surface area contributed by atoms with Gasteiger partial charge in [0.1, 0.15) is 12.4 Å². The first kappa shape index (κ1) is 14.7. The Labute approximate surface area is 102 Å². The topological polar surface area (TPSA) is 92.5 Å². The van der Waals surface area contributed by atoms with Crippen LogP contribution in [0, 0.1) is 15.9 Å². The van der Waals surface area contributed by atoms with Gasteiger partial charge in [-0.05, 0) is 6.07 Å². The minimum atomic E-state index is -4.70. The molecular weight excluding hydrogens is 276 g/mol. The summed E-state index contributed by atoms with van der Waals surface area (Å²) < 4.78 is 48.6. The van der Waals surface area contributed by atoms with E-state index in [9.17, 15) is 37.6 Å². The Morgan fingerprint density at radius 3 is 2.47 bits per heavy atom. The Balaban J connectivity index is 3.07. The summed E-state index contributed by atoms with van der Waals surface area (Å²) >= 11 is 0. The standard InChI is InChI=1S/C9H6F4N2O4/c10-4-1-5(7(16)6(2-4)15(18)19)8(17)14-3-9(11,12)13/h1-2,16H,3H2,(H,14,17). The summed E-state index contributed by atoms with van der Waals surface area (Å²) in [6, 6.07) is 0.740. The van der Waals surface area contributed by atoms with Gasteiger partial charge >= 0.3 is 11.9 Å². The number of carbonyl (C=O) groups is 1. The third-order valence-corrected chi connectivity index (χ3v) is 1.95. The molecule has 1 amide bonds. The average Bonchev–Trinajstić information content (AvgIpc) is 2.27. The van der Waals surface area contributed by atoms with Gasteiger partial charge < -0.3 is 10.4 Å². The molecule has 0 radical (unpaired) electrons. The van der Waals surface area contributed by atoms with Crippen LogP contribution in [0.15, 0.2) is 12.1 Å². The minimum Gasteiger partial charge on any atom is -0.502 e. The lowest BCUT2D eigenvalue weighted by molar-refractivity contribution is -0.386. The summed E-state index contributed by atoms with van der Waals surface area (Å²) in [5, 5.41) is 21.1. The first-order chi connectivity index (χ1) is 8.61. The fourth-order valence-electron chi connectivity index (χ4n) is 1.17. The number of rotatable bonds is 3. The molecule has 0 aliphatic rings. The molecule has 10 heteroatoms. The molecule has 0 atom stereocenters. The number of hydrogen-bond acceptors (Lipinski definition) is 4. The summed E-state index contributed by atoms with van der Waals surface area (Å²) in [4.78, 5) is 20.5. The van der Waals surface area contributed by atoms with Gasteiger partial charge in [0.2, 0.25) is 5.75 Å². The predicted molar refractivity (Wildman–Crippen MR) is 53.1 cm³/mol. The SMILES string of the molecule is O=C(NCC(F)(F)F)c1cc(F)cc([N+](=O)[O-])c1O. The molecule has 0 saturated carbocycles. The summed E-state index contributed by atoms with van der Waals surface area (Å²) in [6.45, 7) is -1.71. The molecule has 0 unspecified atom stereocenters. The Morgan fingerprint density at radius 1 is 1.42 bits per heavy atom. The Morgan fingerprint density at radius 2 is 2.00 bits per heavy atom. The van der Waals surface area contributed by atoms with Crippen molar-refractivity contribution in [3.05, 3.63) is 33.6 Å². The fraction of sp³-hybridized carbons (Fsp3) is 0.222. The number of phenols is 1. The van der Waals surface area contributed by atoms with E-state index in [1.165, 1.54) is 5.32 Å². The highest BCUT2D eigenvalue weighted by molar-refractivity contribution is 5.98. The van der Waals surface area contributed by atoms with Crippen LogP contribution in [-0.4, -0.2) is 28.7 Å². The smallest absolute Gasteiger partial charge is 0.405 e. The van der Waals surface area contributed by atoms with Gasteiger partial charge in [-0.25, -0.2) is 4.39 Å². The van der Waals surface area contributed by atoms with Crippen LogP contribution in [0.1, 0.15) is 10.4 Å². The van der Waals surface area contributed by atoms with E-state index in [1.54, 1.807) is 0 Å². The van der Waals surface area contributed by atoms with E-state index in [4.69, 9.17) is 0 Å². The third kappa shape index (κ3) is 3.79. The van der Waals surface area contributed by atoms with Crippen LogP contribution in [0.4, 0.5) is 23.2 Å². The van der Waals surface area contributed by atoms with Gasteiger partial charge in [-0.3, -0.25) is 14.9 Å². The molecule has 1 aromatic carbocycles. The number of alkyl halides is 3. The number of carbonyl (C=O) groups excluding carboxylic acids is 1. The molecule has 2 N–H and O–H groups in total. The molecule has 6 nitrogen and oxygen atoms in total. The maximum Gasteiger partial charge on any atom is 0.405 e. The monoisotopic (exact) mass is 282 g/mol. The van der Waals surface area contributed by atoms with Gasteiger partial charge in [-0.15, -0.1) is 0 Å². The first-order valence-corrected chi connectivity index (χ1v) is 4.63.